The van der Waals surface area contributed by atoms with Crippen molar-refractivity contribution in [2.45, 2.75) is 23.1 Å². The quantitative estimate of drug-likeness (QED) is 0.467. The molecule has 0 aromatic heterocycles. The summed E-state index contributed by atoms with van der Waals surface area (Å²) in [5.74, 6) is -1.44. The molecule has 6 nitrogen and oxygen atoms in total. The van der Waals surface area contributed by atoms with Gasteiger partial charge in [-0.2, -0.15) is 0 Å². The van der Waals surface area contributed by atoms with Crippen LogP contribution in [-0.4, -0.2) is 23.0 Å². The number of hydrogen-bond acceptors (Lipinski definition) is 4. The molecule has 1 atom stereocenters. The first-order chi connectivity index (χ1) is 15.9. The number of fused-ring (bicyclic) bond motifs is 1. The number of anilines is 2. The molecule has 3 amide bonds. The van der Waals surface area contributed by atoms with Crippen molar-refractivity contribution in [3.05, 3.63) is 88.7 Å². The van der Waals surface area contributed by atoms with Crippen molar-refractivity contribution in [1.29, 1.82) is 0 Å². The summed E-state index contributed by atoms with van der Waals surface area (Å²) in [7, 11) is 0. The predicted octanol–water partition coefficient (Wildman–Crippen LogP) is 4.85. The smallest absolute Gasteiger partial charge is 0.255 e. The van der Waals surface area contributed by atoms with E-state index >= 15 is 0 Å². The molecule has 9 heteroatoms. The van der Waals surface area contributed by atoms with E-state index in [0.717, 1.165) is 16.5 Å². The first-order valence-corrected chi connectivity index (χ1v) is 11.3. The summed E-state index contributed by atoms with van der Waals surface area (Å²) in [5, 5.41) is 8.29. The number of thioether (sulfide) groups is 1. The van der Waals surface area contributed by atoms with Crippen LogP contribution in [0.25, 0.3) is 0 Å². The summed E-state index contributed by atoms with van der Waals surface area (Å²) < 4.78 is 13.3. The topological polar surface area (TPSA) is 87.3 Å². The molecule has 0 bridgehead atoms. The van der Waals surface area contributed by atoms with Gasteiger partial charge < -0.3 is 16.0 Å². The van der Waals surface area contributed by atoms with Crippen molar-refractivity contribution in [3.8, 4) is 0 Å². The van der Waals surface area contributed by atoms with Gasteiger partial charge in [0.05, 0.1) is 10.9 Å². The number of carbonyl (C=O) groups excluding carboxylic acids is 3. The second-order valence-electron chi connectivity index (χ2n) is 7.38. The minimum Gasteiger partial charge on any atom is -0.352 e. The Hall–Kier alpha value is -3.36. The third kappa shape index (κ3) is 5.91. The summed E-state index contributed by atoms with van der Waals surface area (Å²) in [5.41, 5.74) is 2.14. The van der Waals surface area contributed by atoms with Crippen LogP contribution in [0.2, 0.25) is 5.02 Å². The van der Waals surface area contributed by atoms with Gasteiger partial charge in [-0.05, 0) is 54.1 Å². The lowest BCUT2D eigenvalue weighted by molar-refractivity contribution is -0.124. The van der Waals surface area contributed by atoms with Crippen molar-refractivity contribution in [2.75, 3.05) is 10.6 Å². The molecule has 3 aromatic rings. The van der Waals surface area contributed by atoms with E-state index in [1.165, 1.54) is 30.0 Å². The Morgan fingerprint density at radius 1 is 1.06 bits per heavy atom. The molecular formula is C24H19ClFN3O3S. The molecule has 0 saturated carbocycles. The Bertz CT molecular complexity index is 1240. The predicted molar refractivity (Wildman–Crippen MR) is 127 cm³/mol. The molecule has 0 radical (unpaired) electrons. The van der Waals surface area contributed by atoms with Gasteiger partial charge in [0.2, 0.25) is 11.8 Å². The molecule has 0 spiro atoms. The minimum atomic E-state index is -0.546. The van der Waals surface area contributed by atoms with Gasteiger partial charge in [-0.15, -0.1) is 11.8 Å². The minimum absolute atomic E-state index is 0.0224. The molecule has 0 aliphatic carbocycles. The van der Waals surface area contributed by atoms with Crippen LogP contribution in [0, 0.1) is 5.82 Å². The number of nitrogens with one attached hydrogen (secondary N) is 3. The van der Waals surface area contributed by atoms with Gasteiger partial charge in [0.25, 0.3) is 5.91 Å². The van der Waals surface area contributed by atoms with Gasteiger partial charge in [-0.25, -0.2) is 4.39 Å². The molecule has 1 heterocycles. The molecule has 1 unspecified atom stereocenters. The third-order valence-electron chi connectivity index (χ3n) is 4.89. The fourth-order valence-corrected chi connectivity index (χ4v) is 4.55. The zero-order valence-corrected chi connectivity index (χ0v) is 18.8. The maximum absolute atomic E-state index is 13.3. The first-order valence-electron chi connectivity index (χ1n) is 10.1. The molecule has 168 valence electrons. The van der Waals surface area contributed by atoms with E-state index in [4.69, 9.17) is 11.6 Å². The lowest BCUT2D eigenvalue weighted by Crippen LogP contribution is -2.34. The Morgan fingerprint density at radius 3 is 2.70 bits per heavy atom. The van der Waals surface area contributed by atoms with Gasteiger partial charge in [0.1, 0.15) is 5.82 Å². The molecule has 1 aliphatic rings. The average Bonchev–Trinajstić information content (AvgIpc) is 2.78. The van der Waals surface area contributed by atoms with E-state index < -0.39 is 17.0 Å². The number of benzene rings is 3. The zero-order chi connectivity index (χ0) is 23.4. The maximum atomic E-state index is 13.3. The van der Waals surface area contributed by atoms with Crippen LogP contribution in [0.4, 0.5) is 15.8 Å². The molecular weight excluding hydrogens is 465 g/mol. The maximum Gasteiger partial charge on any atom is 0.255 e. The highest BCUT2D eigenvalue weighted by Crippen LogP contribution is 2.38. The lowest BCUT2D eigenvalue weighted by Gasteiger charge is -2.23. The van der Waals surface area contributed by atoms with Crippen LogP contribution >= 0.6 is 23.4 Å². The Morgan fingerprint density at radius 2 is 1.88 bits per heavy atom. The van der Waals surface area contributed by atoms with E-state index in [9.17, 15) is 18.8 Å². The third-order valence-corrected chi connectivity index (χ3v) is 6.40. The molecule has 0 fully saturated rings. The molecule has 33 heavy (non-hydrogen) atoms. The number of halogens is 2. The molecule has 4 rings (SSSR count). The van der Waals surface area contributed by atoms with Crippen molar-refractivity contribution >= 4 is 52.5 Å². The van der Waals surface area contributed by atoms with Crippen molar-refractivity contribution in [3.63, 3.8) is 0 Å². The van der Waals surface area contributed by atoms with E-state index in [2.05, 4.69) is 16.0 Å². The highest BCUT2D eigenvalue weighted by atomic mass is 35.5. The van der Waals surface area contributed by atoms with Gasteiger partial charge >= 0.3 is 0 Å². The van der Waals surface area contributed by atoms with E-state index in [1.54, 1.807) is 36.4 Å². The summed E-state index contributed by atoms with van der Waals surface area (Å²) in [6, 6.07) is 17.6. The van der Waals surface area contributed by atoms with Crippen LogP contribution in [0.1, 0.15) is 22.3 Å². The summed E-state index contributed by atoms with van der Waals surface area (Å²) in [4.78, 5) is 38.0. The monoisotopic (exact) mass is 483 g/mol. The molecule has 1 aliphatic heterocycles. The van der Waals surface area contributed by atoms with Crippen LogP contribution in [0.5, 0.6) is 0 Å². The van der Waals surface area contributed by atoms with E-state index in [1.807, 2.05) is 6.07 Å². The van der Waals surface area contributed by atoms with Crippen LogP contribution in [0.3, 0.4) is 0 Å². The standard InChI is InChI=1S/C24H19ClFN3O3S/c25-16-7-8-20-19(11-16)29-24(32)21(33-20)12-22(30)27-13-14-3-1-6-18(9-14)28-23(31)15-4-2-5-17(26)10-15/h1-11,21H,12-13H2,(H,27,30)(H,28,31)(H,29,32). The van der Waals surface area contributed by atoms with Crippen LogP contribution < -0.4 is 16.0 Å². The van der Waals surface area contributed by atoms with Gasteiger partial charge in [0, 0.05) is 34.1 Å². The van der Waals surface area contributed by atoms with Gasteiger partial charge in [0.15, 0.2) is 0 Å². The lowest BCUT2D eigenvalue weighted by atomic mass is 10.1. The summed E-state index contributed by atoms with van der Waals surface area (Å²) >= 11 is 7.28. The molecule has 3 aromatic carbocycles. The fraction of sp³-hybridized carbons (Fsp3) is 0.125. The fourth-order valence-electron chi connectivity index (χ4n) is 3.29. The van der Waals surface area contributed by atoms with Gasteiger partial charge in [-0.3, -0.25) is 14.4 Å². The highest BCUT2D eigenvalue weighted by Gasteiger charge is 2.29. The SMILES string of the molecule is O=C(CC1Sc2ccc(Cl)cc2NC1=O)NCc1cccc(NC(=O)c2cccc(F)c2)c1. The van der Waals surface area contributed by atoms with E-state index in [0.29, 0.717) is 16.4 Å². The second-order valence-corrected chi connectivity index (χ2v) is 9.06. The van der Waals surface area contributed by atoms with Gasteiger partial charge in [-0.1, -0.05) is 29.8 Å². The highest BCUT2D eigenvalue weighted by molar-refractivity contribution is 8.01. The van der Waals surface area contributed by atoms with E-state index in [-0.39, 0.29) is 30.3 Å². The normalized spacial score (nSPS) is 14.7. The molecule has 0 saturated heterocycles. The largest absolute Gasteiger partial charge is 0.352 e. The van der Waals surface area contributed by atoms with Crippen molar-refractivity contribution in [1.82, 2.24) is 5.32 Å². The summed E-state index contributed by atoms with van der Waals surface area (Å²) in [6.07, 6.45) is 0.0224. The Labute approximate surface area is 198 Å². The zero-order valence-electron chi connectivity index (χ0n) is 17.2. The van der Waals surface area contributed by atoms with Crippen LogP contribution in [0.15, 0.2) is 71.6 Å². The first kappa shape index (κ1) is 22.8. The molecule has 3 N–H and O–H groups in total. The number of carbonyl (C=O) groups is 3. The Kier molecular flexibility index (Phi) is 6.96. The second kappa shape index (κ2) is 10.1. The number of amides is 3. The van der Waals surface area contributed by atoms with Crippen LogP contribution in [-0.2, 0) is 16.1 Å². The summed E-state index contributed by atoms with van der Waals surface area (Å²) in [6.45, 7) is 0.230. The average molecular weight is 484 g/mol. The number of hydrogen-bond donors (Lipinski definition) is 3. The van der Waals surface area contributed by atoms with Crippen molar-refractivity contribution < 1.29 is 18.8 Å². The number of rotatable bonds is 6. The van der Waals surface area contributed by atoms with Crippen molar-refractivity contribution in [2.24, 2.45) is 0 Å². The Balaban J connectivity index is 1.32.